The van der Waals surface area contributed by atoms with Gasteiger partial charge in [0.25, 0.3) is 0 Å². The Labute approximate surface area is 130 Å². The van der Waals surface area contributed by atoms with E-state index in [1.54, 1.807) is 6.07 Å². The summed E-state index contributed by atoms with van der Waals surface area (Å²) >= 11 is 0. The Balaban J connectivity index is 2.23. The fourth-order valence-corrected chi connectivity index (χ4v) is 2.92. The Morgan fingerprint density at radius 3 is 2.29 bits per heavy atom. The van der Waals surface area contributed by atoms with Crippen LogP contribution in [0.25, 0.3) is 0 Å². The van der Waals surface area contributed by atoms with E-state index in [1.165, 1.54) is 57.4 Å². The molecule has 1 atom stereocenters. The Hall–Kier alpha value is -0.890. The summed E-state index contributed by atoms with van der Waals surface area (Å²) < 4.78 is 13.3. The quantitative estimate of drug-likeness (QED) is 0.490. The van der Waals surface area contributed by atoms with Gasteiger partial charge in [0.05, 0.1) is 0 Å². The highest BCUT2D eigenvalue weighted by Crippen LogP contribution is 2.23. The molecule has 0 fully saturated rings. The standard InChI is InChI=1S/C19H32FN/c1-3-4-5-6-7-8-9-10-12-18(16-21-2)17-13-11-14-19(20)15-17/h11,13-15,18,21H,3-10,12,16H2,1-2H3. The summed E-state index contributed by atoms with van der Waals surface area (Å²) in [5, 5.41) is 3.24. The number of hydrogen-bond acceptors (Lipinski definition) is 1. The lowest BCUT2D eigenvalue weighted by Crippen LogP contribution is -2.17. The molecule has 21 heavy (non-hydrogen) atoms. The molecule has 1 aromatic rings. The van der Waals surface area contributed by atoms with Crippen LogP contribution >= 0.6 is 0 Å². The van der Waals surface area contributed by atoms with Crippen LogP contribution in [0.5, 0.6) is 0 Å². The van der Waals surface area contributed by atoms with E-state index in [1.807, 2.05) is 13.1 Å². The van der Waals surface area contributed by atoms with E-state index < -0.39 is 0 Å². The maximum absolute atomic E-state index is 13.3. The molecule has 0 saturated carbocycles. The highest BCUT2D eigenvalue weighted by Gasteiger charge is 2.11. The molecule has 0 aromatic heterocycles. The van der Waals surface area contributed by atoms with E-state index in [-0.39, 0.29) is 5.82 Å². The summed E-state index contributed by atoms with van der Waals surface area (Å²) in [5.74, 6) is 0.315. The van der Waals surface area contributed by atoms with Gasteiger partial charge in [-0.2, -0.15) is 0 Å². The molecule has 0 aliphatic rings. The van der Waals surface area contributed by atoms with Crippen LogP contribution in [0.3, 0.4) is 0 Å². The van der Waals surface area contributed by atoms with Gasteiger partial charge in [-0.25, -0.2) is 4.39 Å². The molecule has 1 aromatic carbocycles. The van der Waals surface area contributed by atoms with Crippen molar-refractivity contribution in [2.75, 3.05) is 13.6 Å². The minimum atomic E-state index is -0.121. The van der Waals surface area contributed by atoms with Crippen LogP contribution in [-0.2, 0) is 0 Å². The van der Waals surface area contributed by atoms with Crippen molar-refractivity contribution in [2.45, 2.75) is 70.6 Å². The van der Waals surface area contributed by atoms with Crippen molar-refractivity contribution < 1.29 is 4.39 Å². The van der Waals surface area contributed by atoms with Crippen LogP contribution in [0.2, 0.25) is 0 Å². The van der Waals surface area contributed by atoms with Crippen molar-refractivity contribution in [3.05, 3.63) is 35.6 Å². The van der Waals surface area contributed by atoms with Crippen LogP contribution in [-0.4, -0.2) is 13.6 Å². The van der Waals surface area contributed by atoms with Gasteiger partial charge in [-0.3, -0.25) is 0 Å². The number of rotatable bonds is 12. The summed E-state index contributed by atoms with van der Waals surface area (Å²) in [4.78, 5) is 0. The predicted octanol–water partition coefficient (Wildman–Crippen LogP) is 5.66. The Bertz CT molecular complexity index is 364. The molecule has 1 rings (SSSR count). The lowest BCUT2D eigenvalue weighted by atomic mass is 9.92. The summed E-state index contributed by atoms with van der Waals surface area (Å²) in [5.41, 5.74) is 1.13. The molecule has 0 aliphatic heterocycles. The molecular weight excluding hydrogens is 261 g/mol. The number of benzene rings is 1. The van der Waals surface area contributed by atoms with E-state index in [0.717, 1.165) is 18.5 Å². The third kappa shape index (κ3) is 8.21. The third-order valence-corrected chi connectivity index (χ3v) is 4.18. The first kappa shape index (κ1) is 18.2. The first-order chi connectivity index (χ1) is 10.3. The Kier molecular flexibility index (Phi) is 10.1. The molecule has 0 amide bonds. The monoisotopic (exact) mass is 293 g/mol. The van der Waals surface area contributed by atoms with Gasteiger partial charge in [0.15, 0.2) is 0 Å². The average Bonchev–Trinajstić information content (AvgIpc) is 2.49. The lowest BCUT2D eigenvalue weighted by Gasteiger charge is -2.17. The van der Waals surface area contributed by atoms with Gasteiger partial charge in [0.1, 0.15) is 5.82 Å². The zero-order chi connectivity index (χ0) is 15.3. The fourth-order valence-electron chi connectivity index (χ4n) is 2.92. The minimum absolute atomic E-state index is 0.121. The lowest BCUT2D eigenvalue weighted by molar-refractivity contribution is 0.514. The van der Waals surface area contributed by atoms with Gasteiger partial charge in [0.2, 0.25) is 0 Å². The second-order valence-corrected chi connectivity index (χ2v) is 6.07. The molecule has 1 unspecified atom stereocenters. The van der Waals surface area contributed by atoms with Crippen LogP contribution in [0.1, 0.15) is 76.2 Å². The first-order valence-corrected chi connectivity index (χ1v) is 8.68. The largest absolute Gasteiger partial charge is 0.319 e. The van der Waals surface area contributed by atoms with E-state index in [2.05, 4.69) is 18.3 Å². The average molecular weight is 293 g/mol. The molecule has 120 valence electrons. The van der Waals surface area contributed by atoms with Gasteiger partial charge in [0, 0.05) is 6.54 Å². The Morgan fingerprint density at radius 1 is 1.00 bits per heavy atom. The number of likely N-dealkylation sites (N-methyl/N-ethyl adjacent to an activating group) is 1. The van der Waals surface area contributed by atoms with Gasteiger partial charge >= 0.3 is 0 Å². The number of hydrogen-bond donors (Lipinski definition) is 1. The zero-order valence-corrected chi connectivity index (χ0v) is 13.8. The van der Waals surface area contributed by atoms with Gasteiger partial charge in [-0.15, -0.1) is 0 Å². The SMILES string of the molecule is CCCCCCCCCCC(CNC)c1cccc(F)c1. The molecule has 1 N–H and O–H groups in total. The third-order valence-electron chi connectivity index (χ3n) is 4.18. The fraction of sp³-hybridized carbons (Fsp3) is 0.684. The van der Waals surface area contributed by atoms with Crippen LogP contribution in [0.15, 0.2) is 24.3 Å². The topological polar surface area (TPSA) is 12.0 Å². The maximum atomic E-state index is 13.3. The predicted molar refractivity (Wildman–Crippen MR) is 90.3 cm³/mol. The summed E-state index contributed by atoms with van der Waals surface area (Å²) in [6.45, 7) is 3.19. The smallest absolute Gasteiger partial charge is 0.123 e. The molecule has 1 nitrogen and oxygen atoms in total. The van der Waals surface area contributed by atoms with Crippen molar-refractivity contribution >= 4 is 0 Å². The normalized spacial score (nSPS) is 12.5. The second kappa shape index (κ2) is 11.7. The van der Waals surface area contributed by atoms with E-state index in [0.29, 0.717) is 5.92 Å². The summed E-state index contributed by atoms with van der Waals surface area (Å²) in [6, 6.07) is 7.08. The van der Waals surface area contributed by atoms with Crippen molar-refractivity contribution in [3.8, 4) is 0 Å². The van der Waals surface area contributed by atoms with E-state index in [9.17, 15) is 4.39 Å². The van der Waals surface area contributed by atoms with E-state index in [4.69, 9.17) is 0 Å². The van der Waals surface area contributed by atoms with Gasteiger partial charge in [-0.05, 0) is 37.1 Å². The Morgan fingerprint density at radius 2 is 1.67 bits per heavy atom. The van der Waals surface area contributed by atoms with Gasteiger partial charge in [-0.1, -0.05) is 70.4 Å². The van der Waals surface area contributed by atoms with Crippen LogP contribution in [0.4, 0.5) is 4.39 Å². The van der Waals surface area contributed by atoms with Crippen molar-refractivity contribution in [1.82, 2.24) is 5.32 Å². The molecule has 0 bridgehead atoms. The van der Waals surface area contributed by atoms with Gasteiger partial charge < -0.3 is 5.32 Å². The van der Waals surface area contributed by atoms with Crippen molar-refractivity contribution in [2.24, 2.45) is 0 Å². The highest BCUT2D eigenvalue weighted by atomic mass is 19.1. The number of unbranched alkanes of at least 4 members (excludes halogenated alkanes) is 7. The molecule has 0 spiro atoms. The van der Waals surface area contributed by atoms with Crippen molar-refractivity contribution in [3.63, 3.8) is 0 Å². The number of nitrogens with one attached hydrogen (secondary N) is 1. The molecule has 0 saturated heterocycles. The zero-order valence-electron chi connectivity index (χ0n) is 13.8. The first-order valence-electron chi connectivity index (χ1n) is 8.68. The molecule has 2 heteroatoms. The van der Waals surface area contributed by atoms with E-state index >= 15 is 0 Å². The molecule has 0 aliphatic carbocycles. The maximum Gasteiger partial charge on any atom is 0.123 e. The summed E-state index contributed by atoms with van der Waals surface area (Å²) in [7, 11) is 1.97. The number of halogens is 1. The molecule has 0 heterocycles. The molecule has 0 radical (unpaired) electrons. The minimum Gasteiger partial charge on any atom is -0.319 e. The van der Waals surface area contributed by atoms with Crippen LogP contribution in [0, 0.1) is 5.82 Å². The summed E-state index contributed by atoms with van der Waals surface area (Å²) in [6.07, 6.45) is 11.9. The van der Waals surface area contributed by atoms with Crippen LogP contribution < -0.4 is 5.32 Å². The second-order valence-electron chi connectivity index (χ2n) is 6.07. The van der Waals surface area contributed by atoms with Crippen molar-refractivity contribution in [1.29, 1.82) is 0 Å². The highest BCUT2D eigenvalue weighted by molar-refractivity contribution is 5.21. The molecular formula is C19H32FN.